The summed E-state index contributed by atoms with van der Waals surface area (Å²) in [4.78, 5) is 15.7. The zero-order chi connectivity index (χ0) is 13.1. The summed E-state index contributed by atoms with van der Waals surface area (Å²) in [7, 11) is 4.10. The van der Waals surface area contributed by atoms with Crippen LogP contribution < -0.4 is 4.90 Å². The lowest BCUT2D eigenvalue weighted by atomic mass is 9.98. The Labute approximate surface area is 109 Å². The lowest BCUT2D eigenvalue weighted by Gasteiger charge is -2.17. The van der Waals surface area contributed by atoms with Crippen molar-refractivity contribution in [3.05, 3.63) is 29.8 Å². The highest BCUT2D eigenvalue weighted by Gasteiger charge is 2.26. The smallest absolute Gasteiger partial charge is 0.222 e. The van der Waals surface area contributed by atoms with Gasteiger partial charge in [-0.1, -0.05) is 19.1 Å². The Morgan fingerprint density at radius 2 is 2.00 bits per heavy atom. The molecule has 0 aliphatic carbocycles. The van der Waals surface area contributed by atoms with Crippen LogP contribution in [0, 0.1) is 0 Å². The predicted molar refractivity (Wildman–Crippen MR) is 75.0 cm³/mol. The van der Waals surface area contributed by atoms with Gasteiger partial charge in [-0.2, -0.15) is 0 Å². The summed E-state index contributed by atoms with van der Waals surface area (Å²) in [6.07, 6.45) is 1.71. The molecule has 0 saturated carbocycles. The molecule has 0 aromatic heterocycles. The first-order valence-corrected chi connectivity index (χ1v) is 6.67. The standard InChI is InChI=1S/C15H22N2O/c1-4-15(18)17-10-9-13(11-17)12-5-7-14(8-6-12)16(2)3/h5-8,13H,4,9-11H2,1-3H3. The second-order valence-electron chi connectivity index (χ2n) is 5.16. The molecule has 1 saturated heterocycles. The quantitative estimate of drug-likeness (QED) is 0.818. The number of anilines is 1. The Morgan fingerprint density at radius 1 is 1.33 bits per heavy atom. The van der Waals surface area contributed by atoms with Crippen LogP contribution in [0.5, 0.6) is 0 Å². The molecule has 1 aliphatic rings. The molecule has 98 valence electrons. The van der Waals surface area contributed by atoms with E-state index in [-0.39, 0.29) is 5.91 Å². The van der Waals surface area contributed by atoms with Crippen molar-refractivity contribution in [3.8, 4) is 0 Å². The van der Waals surface area contributed by atoms with E-state index in [1.54, 1.807) is 0 Å². The van der Waals surface area contributed by atoms with Gasteiger partial charge < -0.3 is 9.80 Å². The summed E-state index contributed by atoms with van der Waals surface area (Å²) in [5, 5.41) is 0. The van der Waals surface area contributed by atoms with Gasteiger partial charge in [-0.05, 0) is 24.1 Å². The van der Waals surface area contributed by atoms with Gasteiger partial charge in [0, 0.05) is 45.2 Å². The summed E-state index contributed by atoms with van der Waals surface area (Å²) in [5.41, 5.74) is 2.57. The van der Waals surface area contributed by atoms with Gasteiger partial charge in [0.15, 0.2) is 0 Å². The fourth-order valence-corrected chi connectivity index (χ4v) is 2.53. The molecule has 1 aliphatic heterocycles. The van der Waals surface area contributed by atoms with E-state index in [0.717, 1.165) is 19.5 Å². The van der Waals surface area contributed by atoms with Crippen molar-refractivity contribution in [2.24, 2.45) is 0 Å². The van der Waals surface area contributed by atoms with Crippen LogP contribution in [0.2, 0.25) is 0 Å². The molecular weight excluding hydrogens is 224 g/mol. The predicted octanol–water partition coefficient (Wildman–Crippen LogP) is 2.48. The topological polar surface area (TPSA) is 23.6 Å². The molecule has 18 heavy (non-hydrogen) atoms. The summed E-state index contributed by atoms with van der Waals surface area (Å²) in [5.74, 6) is 0.791. The number of amides is 1. The number of hydrogen-bond acceptors (Lipinski definition) is 2. The van der Waals surface area contributed by atoms with Crippen LogP contribution in [0.25, 0.3) is 0 Å². The molecule has 1 unspecified atom stereocenters. The minimum Gasteiger partial charge on any atom is -0.378 e. The fraction of sp³-hybridized carbons (Fsp3) is 0.533. The second kappa shape index (κ2) is 5.42. The molecule has 1 amide bonds. The summed E-state index contributed by atoms with van der Waals surface area (Å²) in [6, 6.07) is 8.69. The molecule has 1 fully saturated rings. The van der Waals surface area contributed by atoms with Crippen LogP contribution in [0.3, 0.4) is 0 Å². The SMILES string of the molecule is CCC(=O)N1CCC(c2ccc(N(C)C)cc2)C1. The van der Waals surface area contributed by atoms with Crippen LogP contribution in [0.15, 0.2) is 24.3 Å². The van der Waals surface area contributed by atoms with Gasteiger partial charge in [0.25, 0.3) is 0 Å². The third-order valence-electron chi connectivity index (χ3n) is 3.72. The van der Waals surface area contributed by atoms with Crippen molar-refractivity contribution in [1.82, 2.24) is 4.90 Å². The summed E-state index contributed by atoms with van der Waals surface area (Å²) in [6.45, 7) is 3.72. The zero-order valence-corrected chi connectivity index (χ0v) is 11.5. The Bertz CT molecular complexity index is 411. The molecular formula is C15H22N2O. The minimum atomic E-state index is 0.280. The second-order valence-corrected chi connectivity index (χ2v) is 5.16. The number of hydrogen-bond donors (Lipinski definition) is 0. The van der Waals surface area contributed by atoms with Crippen molar-refractivity contribution in [2.45, 2.75) is 25.7 Å². The van der Waals surface area contributed by atoms with Crippen LogP contribution >= 0.6 is 0 Å². The Morgan fingerprint density at radius 3 is 2.56 bits per heavy atom. The van der Waals surface area contributed by atoms with Gasteiger partial charge in [-0.15, -0.1) is 0 Å². The third-order valence-corrected chi connectivity index (χ3v) is 3.72. The molecule has 1 atom stereocenters. The molecule has 3 heteroatoms. The Hall–Kier alpha value is -1.51. The molecule has 2 rings (SSSR count). The van der Waals surface area contributed by atoms with E-state index in [4.69, 9.17) is 0 Å². The molecule has 3 nitrogen and oxygen atoms in total. The van der Waals surface area contributed by atoms with Gasteiger partial charge in [-0.3, -0.25) is 4.79 Å². The van der Waals surface area contributed by atoms with Crippen molar-refractivity contribution in [3.63, 3.8) is 0 Å². The first-order chi connectivity index (χ1) is 8.61. The minimum absolute atomic E-state index is 0.280. The zero-order valence-electron chi connectivity index (χ0n) is 11.5. The maximum Gasteiger partial charge on any atom is 0.222 e. The highest BCUT2D eigenvalue weighted by molar-refractivity contribution is 5.76. The third kappa shape index (κ3) is 2.66. The lowest BCUT2D eigenvalue weighted by Crippen LogP contribution is -2.27. The number of benzene rings is 1. The van der Waals surface area contributed by atoms with Crippen molar-refractivity contribution >= 4 is 11.6 Å². The summed E-state index contributed by atoms with van der Waals surface area (Å²) < 4.78 is 0. The van der Waals surface area contributed by atoms with Gasteiger partial charge in [0.2, 0.25) is 5.91 Å². The average molecular weight is 246 g/mol. The molecule has 0 radical (unpaired) electrons. The van der Waals surface area contributed by atoms with Crippen LogP contribution in [0.4, 0.5) is 5.69 Å². The first kappa shape index (κ1) is 12.9. The molecule has 0 N–H and O–H groups in total. The highest BCUT2D eigenvalue weighted by Crippen LogP contribution is 2.28. The Balaban J connectivity index is 2.03. The molecule has 1 aromatic rings. The van der Waals surface area contributed by atoms with E-state index in [1.165, 1.54) is 11.3 Å². The number of likely N-dealkylation sites (tertiary alicyclic amines) is 1. The van der Waals surface area contributed by atoms with Gasteiger partial charge in [0.05, 0.1) is 0 Å². The van der Waals surface area contributed by atoms with E-state index in [2.05, 4.69) is 29.2 Å². The van der Waals surface area contributed by atoms with Gasteiger partial charge >= 0.3 is 0 Å². The first-order valence-electron chi connectivity index (χ1n) is 6.67. The van der Waals surface area contributed by atoms with Crippen LogP contribution in [0.1, 0.15) is 31.2 Å². The van der Waals surface area contributed by atoms with Crippen LogP contribution in [-0.2, 0) is 4.79 Å². The Kier molecular flexibility index (Phi) is 3.90. The monoisotopic (exact) mass is 246 g/mol. The normalized spacial score (nSPS) is 19.1. The largest absolute Gasteiger partial charge is 0.378 e. The number of carbonyl (C=O) groups is 1. The number of rotatable bonds is 3. The average Bonchev–Trinajstić information content (AvgIpc) is 2.87. The lowest BCUT2D eigenvalue weighted by molar-refractivity contribution is -0.129. The maximum absolute atomic E-state index is 11.7. The van der Waals surface area contributed by atoms with E-state index in [9.17, 15) is 4.79 Å². The van der Waals surface area contributed by atoms with E-state index < -0.39 is 0 Å². The van der Waals surface area contributed by atoms with Crippen molar-refractivity contribution < 1.29 is 4.79 Å². The van der Waals surface area contributed by atoms with Gasteiger partial charge in [-0.25, -0.2) is 0 Å². The molecule has 1 aromatic carbocycles. The van der Waals surface area contributed by atoms with Crippen molar-refractivity contribution in [1.29, 1.82) is 0 Å². The van der Waals surface area contributed by atoms with E-state index in [0.29, 0.717) is 12.3 Å². The number of nitrogens with zero attached hydrogens (tertiary/aromatic N) is 2. The molecule has 0 spiro atoms. The summed E-state index contributed by atoms with van der Waals surface area (Å²) >= 11 is 0. The fourth-order valence-electron chi connectivity index (χ4n) is 2.53. The number of carbonyl (C=O) groups excluding carboxylic acids is 1. The molecule has 0 bridgehead atoms. The highest BCUT2D eigenvalue weighted by atomic mass is 16.2. The van der Waals surface area contributed by atoms with E-state index >= 15 is 0 Å². The molecule has 1 heterocycles. The van der Waals surface area contributed by atoms with Crippen LogP contribution in [-0.4, -0.2) is 38.0 Å². The maximum atomic E-state index is 11.7. The van der Waals surface area contributed by atoms with E-state index in [1.807, 2.05) is 25.9 Å². The van der Waals surface area contributed by atoms with Gasteiger partial charge in [0.1, 0.15) is 0 Å². The van der Waals surface area contributed by atoms with Crippen molar-refractivity contribution in [2.75, 3.05) is 32.1 Å².